The Morgan fingerprint density at radius 1 is 0.800 bits per heavy atom. The Hall–Kier alpha value is -0.0400. The lowest BCUT2D eigenvalue weighted by Crippen LogP contribution is -2.32. The second-order valence-corrected chi connectivity index (χ2v) is 7.54. The molecular formula is C19H36O. The maximum atomic E-state index is 5.37. The highest BCUT2D eigenvalue weighted by Gasteiger charge is 2.35. The molecule has 2 aliphatic rings. The first-order chi connectivity index (χ1) is 9.83. The van der Waals surface area contributed by atoms with Gasteiger partial charge in [0, 0.05) is 13.7 Å². The zero-order valence-corrected chi connectivity index (χ0v) is 13.9. The van der Waals surface area contributed by atoms with Crippen LogP contribution < -0.4 is 0 Å². The molecule has 2 saturated carbocycles. The van der Waals surface area contributed by atoms with E-state index in [0.717, 1.165) is 30.3 Å². The summed E-state index contributed by atoms with van der Waals surface area (Å²) in [5.74, 6) is 4.04. The van der Waals surface area contributed by atoms with E-state index in [9.17, 15) is 0 Å². The van der Waals surface area contributed by atoms with Gasteiger partial charge in [0.1, 0.15) is 0 Å². The van der Waals surface area contributed by atoms with Crippen LogP contribution in [0.15, 0.2) is 0 Å². The molecule has 2 rings (SSSR count). The van der Waals surface area contributed by atoms with Crippen LogP contribution in [0, 0.1) is 23.7 Å². The fourth-order valence-corrected chi connectivity index (χ4v) is 4.77. The number of unbranched alkanes of at least 4 members (excludes halogenated alkanes) is 4. The average molecular weight is 280 g/mol. The van der Waals surface area contributed by atoms with Crippen molar-refractivity contribution in [2.75, 3.05) is 13.7 Å². The van der Waals surface area contributed by atoms with Crippen molar-refractivity contribution in [2.24, 2.45) is 23.7 Å². The molecule has 0 aromatic rings. The molecule has 0 heterocycles. The molecule has 0 saturated heterocycles. The van der Waals surface area contributed by atoms with Gasteiger partial charge in [0.2, 0.25) is 0 Å². The van der Waals surface area contributed by atoms with Crippen LogP contribution >= 0.6 is 0 Å². The van der Waals surface area contributed by atoms with E-state index in [1.165, 1.54) is 70.6 Å². The van der Waals surface area contributed by atoms with E-state index >= 15 is 0 Å². The average Bonchev–Trinajstić information content (AvgIpc) is 2.47. The first kappa shape index (κ1) is 16.3. The largest absolute Gasteiger partial charge is 0.384 e. The van der Waals surface area contributed by atoms with Gasteiger partial charge in [-0.2, -0.15) is 0 Å². The van der Waals surface area contributed by atoms with Crippen molar-refractivity contribution in [3.05, 3.63) is 0 Å². The van der Waals surface area contributed by atoms with Crippen LogP contribution in [0.2, 0.25) is 0 Å². The van der Waals surface area contributed by atoms with Crippen LogP contribution in [0.1, 0.15) is 84.0 Å². The lowest BCUT2D eigenvalue weighted by Gasteiger charge is -2.42. The Labute approximate surface area is 126 Å². The molecule has 2 fully saturated rings. The number of hydrogen-bond donors (Lipinski definition) is 0. The number of fused-ring (bicyclic) bond motifs is 1. The van der Waals surface area contributed by atoms with Gasteiger partial charge in [0.25, 0.3) is 0 Å². The number of hydrogen-bond acceptors (Lipinski definition) is 1. The molecule has 1 heteroatoms. The molecule has 4 unspecified atom stereocenters. The Bertz CT molecular complexity index is 250. The number of rotatable bonds is 8. The van der Waals surface area contributed by atoms with Gasteiger partial charge in [0.05, 0.1) is 0 Å². The molecule has 2 aliphatic carbocycles. The first-order valence-electron chi connectivity index (χ1n) is 9.32. The minimum absolute atomic E-state index is 0.867. The zero-order valence-electron chi connectivity index (χ0n) is 13.9. The highest BCUT2D eigenvalue weighted by Crippen LogP contribution is 2.45. The Morgan fingerprint density at radius 2 is 1.45 bits per heavy atom. The Balaban J connectivity index is 1.62. The first-order valence-corrected chi connectivity index (χ1v) is 9.32. The van der Waals surface area contributed by atoms with Crippen LogP contribution in [0.25, 0.3) is 0 Å². The maximum absolute atomic E-state index is 5.37. The van der Waals surface area contributed by atoms with E-state index in [2.05, 4.69) is 6.92 Å². The van der Waals surface area contributed by atoms with Gasteiger partial charge in [-0.15, -0.1) is 0 Å². The number of ether oxygens (including phenoxy) is 1. The lowest BCUT2D eigenvalue weighted by molar-refractivity contribution is 0.0546. The van der Waals surface area contributed by atoms with Crippen molar-refractivity contribution >= 4 is 0 Å². The molecule has 4 atom stereocenters. The summed E-state index contributed by atoms with van der Waals surface area (Å²) in [5.41, 5.74) is 0. The van der Waals surface area contributed by atoms with E-state index in [1.807, 2.05) is 7.11 Å². The van der Waals surface area contributed by atoms with Gasteiger partial charge in [-0.1, -0.05) is 51.9 Å². The van der Waals surface area contributed by atoms with Crippen LogP contribution in [0.4, 0.5) is 0 Å². The molecule has 0 N–H and O–H groups in total. The van der Waals surface area contributed by atoms with Crippen LogP contribution in [-0.4, -0.2) is 13.7 Å². The maximum Gasteiger partial charge on any atom is 0.0490 e. The highest BCUT2D eigenvalue weighted by atomic mass is 16.5. The van der Waals surface area contributed by atoms with E-state index in [1.54, 1.807) is 6.42 Å². The van der Waals surface area contributed by atoms with Crippen LogP contribution in [-0.2, 0) is 4.74 Å². The summed E-state index contributed by atoms with van der Waals surface area (Å²) in [4.78, 5) is 0. The topological polar surface area (TPSA) is 9.23 Å². The van der Waals surface area contributed by atoms with Crippen molar-refractivity contribution in [1.82, 2.24) is 0 Å². The highest BCUT2D eigenvalue weighted by molar-refractivity contribution is 4.86. The molecule has 0 amide bonds. The smallest absolute Gasteiger partial charge is 0.0490 e. The quantitative estimate of drug-likeness (QED) is 0.509. The predicted octanol–water partition coefficient (Wildman–Crippen LogP) is 5.83. The summed E-state index contributed by atoms with van der Waals surface area (Å²) in [6.45, 7) is 3.31. The molecule has 0 aromatic heterocycles. The molecule has 0 aromatic carbocycles. The van der Waals surface area contributed by atoms with Gasteiger partial charge in [-0.05, 0) is 55.8 Å². The molecule has 20 heavy (non-hydrogen) atoms. The number of methoxy groups -OCH3 is 1. The monoisotopic (exact) mass is 280 g/mol. The van der Waals surface area contributed by atoms with Crippen LogP contribution in [0.5, 0.6) is 0 Å². The normalized spacial score (nSPS) is 33.9. The van der Waals surface area contributed by atoms with Crippen molar-refractivity contribution in [1.29, 1.82) is 0 Å². The lowest BCUT2D eigenvalue weighted by atomic mass is 9.64. The van der Waals surface area contributed by atoms with E-state index in [4.69, 9.17) is 4.74 Å². The molecule has 0 spiro atoms. The van der Waals surface area contributed by atoms with Gasteiger partial charge < -0.3 is 4.74 Å². The summed E-state index contributed by atoms with van der Waals surface area (Å²) in [7, 11) is 1.86. The van der Waals surface area contributed by atoms with E-state index in [-0.39, 0.29) is 0 Å². The molecular weight excluding hydrogens is 244 g/mol. The molecule has 0 radical (unpaired) electrons. The van der Waals surface area contributed by atoms with Crippen molar-refractivity contribution < 1.29 is 4.74 Å². The van der Waals surface area contributed by atoms with Gasteiger partial charge >= 0.3 is 0 Å². The SMILES string of the molecule is CCCCCCCC1CCC2CC(COC)CCC2C1. The minimum Gasteiger partial charge on any atom is -0.384 e. The van der Waals surface area contributed by atoms with E-state index in [0.29, 0.717) is 0 Å². The molecule has 1 nitrogen and oxygen atoms in total. The minimum atomic E-state index is 0.867. The third-order valence-electron chi connectivity index (χ3n) is 5.95. The van der Waals surface area contributed by atoms with Crippen molar-refractivity contribution in [3.8, 4) is 0 Å². The van der Waals surface area contributed by atoms with Gasteiger partial charge in [-0.25, -0.2) is 0 Å². The summed E-state index contributed by atoms with van der Waals surface area (Å²) >= 11 is 0. The zero-order chi connectivity index (χ0) is 14.2. The summed E-state index contributed by atoms with van der Waals surface area (Å²) in [6.07, 6.45) is 17.7. The summed E-state index contributed by atoms with van der Waals surface area (Å²) < 4.78 is 5.37. The standard InChI is InChI=1S/C19H36O/c1-3-4-5-6-7-8-16-9-11-19-14-17(15-20-2)10-12-18(19)13-16/h16-19H,3-15H2,1-2H3. The summed E-state index contributed by atoms with van der Waals surface area (Å²) in [6, 6.07) is 0. The van der Waals surface area contributed by atoms with Gasteiger partial charge in [0.15, 0.2) is 0 Å². The van der Waals surface area contributed by atoms with Crippen molar-refractivity contribution in [2.45, 2.75) is 84.0 Å². The van der Waals surface area contributed by atoms with Crippen molar-refractivity contribution in [3.63, 3.8) is 0 Å². The summed E-state index contributed by atoms with van der Waals surface area (Å²) in [5, 5.41) is 0. The fourth-order valence-electron chi connectivity index (χ4n) is 4.77. The Kier molecular flexibility index (Phi) is 7.41. The predicted molar refractivity (Wildman–Crippen MR) is 86.9 cm³/mol. The molecule has 118 valence electrons. The second kappa shape index (κ2) is 9.07. The third kappa shape index (κ3) is 5.06. The molecule has 0 bridgehead atoms. The molecule has 0 aliphatic heterocycles. The fraction of sp³-hybridized carbons (Fsp3) is 1.00. The van der Waals surface area contributed by atoms with Gasteiger partial charge in [-0.3, -0.25) is 0 Å². The Morgan fingerprint density at radius 3 is 2.15 bits per heavy atom. The second-order valence-electron chi connectivity index (χ2n) is 7.54. The third-order valence-corrected chi connectivity index (χ3v) is 5.95. The van der Waals surface area contributed by atoms with E-state index < -0.39 is 0 Å². The van der Waals surface area contributed by atoms with Crippen LogP contribution in [0.3, 0.4) is 0 Å².